The average Bonchev–Trinajstić information content (AvgIpc) is 2.36. The maximum absolute atomic E-state index is 8.91. The van der Waals surface area contributed by atoms with Crippen LogP contribution in [0.3, 0.4) is 0 Å². The summed E-state index contributed by atoms with van der Waals surface area (Å²) < 4.78 is 4.87. The van der Waals surface area contributed by atoms with Crippen molar-refractivity contribution in [3.63, 3.8) is 0 Å². The Labute approximate surface area is 71.4 Å². The molecule has 4 nitrogen and oxygen atoms in total. The molecule has 0 spiro atoms. The second kappa shape index (κ2) is 3.25. The van der Waals surface area contributed by atoms with Crippen LogP contribution in [0.5, 0.6) is 0 Å². The lowest BCUT2D eigenvalue weighted by Crippen LogP contribution is -2.42. The zero-order valence-corrected chi connectivity index (χ0v) is 7.37. The molecule has 1 heterocycles. The van der Waals surface area contributed by atoms with E-state index in [2.05, 4.69) is 5.16 Å². The molecule has 1 unspecified atom stereocenters. The topological polar surface area (TPSA) is 72.3 Å². The first-order chi connectivity index (χ1) is 5.55. The van der Waals surface area contributed by atoms with Gasteiger partial charge in [0.25, 0.3) is 0 Å². The molecule has 0 radical (unpaired) electrons. The Morgan fingerprint density at radius 3 is 2.83 bits per heavy atom. The van der Waals surface area contributed by atoms with Gasteiger partial charge in [-0.2, -0.15) is 0 Å². The first kappa shape index (κ1) is 9.22. The molecule has 0 aliphatic heterocycles. The zero-order valence-electron chi connectivity index (χ0n) is 7.37. The first-order valence-electron chi connectivity index (χ1n) is 3.85. The number of aryl methyl sites for hydroxylation is 1. The van der Waals surface area contributed by atoms with Gasteiger partial charge in [-0.3, -0.25) is 0 Å². The number of aromatic nitrogens is 1. The monoisotopic (exact) mass is 170 g/mol. The molecule has 1 atom stereocenters. The maximum Gasteiger partial charge on any atom is 0.136 e. The number of hydrogen-bond acceptors (Lipinski definition) is 4. The second-order valence-electron chi connectivity index (χ2n) is 3.40. The lowest BCUT2D eigenvalue weighted by Gasteiger charge is -2.20. The summed E-state index contributed by atoms with van der Waals surface area (Å²) in [5.74, 6) is 0.764. The van der Waals surface area contributed by atoms with Gasteiger partial charge in [0.1, 0.15) is 5.76 Å². The maximum atomic E-state index is 8.91. The summed E-state index contributed by atoms with van der Waals surface area (Å²) in [7, 11) is 0. The lowest BCUT2D eigenvalue weighted by molar-refractivity contribution is 0.207. The molecule has 1 rings (SSSR count). The molecule has 0 aliphatic rings. The standard InChI is InChI=1S/C8H14N2O2/c1-6-7(4-10-12-6)3-8(2,9)5-11/h4,11H,3,5,9H2,1-2H3. The molecule has 1 aromatic rings. The quantitative estimate of drug-likeness (QED) is 0.681. The number of rotatable bonds is 3. The van der Waals surface area contributed by atoms with E-state index in [0.29, 0.717) is 6.42 Å². The molecule has 0 saturated carbocycles. The van der Waals surface area contributed by atoms with Gasteiger partial charge in [-0.25, -0.2) is 0 Å². The van der Waals surface area contributed by atoms with Crippen LogP contribution in [0.1, 0.15) is 18.2 Å². The van der Waals surface area contributed by atoms with Gasteiger partial charge in [0, 0.05) is 11.1 Å². The van der Waals surface area contributed by atoms with Crippen molar-refractivity contribution in [3.8, 4) is 0 Å². The molecular formula is C8H14N2O2. The van der Waals surface area contributed by atoms with Crippen LogP contribution in [-0.4, -0.2) is 22.4 Å². The van der Waals surface area contributed by atoms with E-state index in [-0.39, 0.29) is 6.61 Å². The van der Waals surface area contributed by atoms with Crippen LogP contribution in [0.2, 0.25) is 0 Å². The molecule has 0 bridgehead atoms. The summed E-state index contributed by atoms with van der Waals surface area (Å²) in [5, 5.41) is 12.5. The van der Waals surface area contributed by atoms with E-state index in [1.165, 1.54) is 0 Å². The molecule has 68 valence electrons. The predicted octanol–water partition coefficient (Wildman–Crippen LogP) is 0.235. The van der Waals surface area contributed by atoms with Crippen molar-refractivity contribution >= 4 is 0 Å². The van der Waals surface area contributed by atoms with Crippen LogP contribution in [0.25, 0.3) is 0 Å². The molecule has 0 aromatic carbocycles. The largest absolute Gasteiger partial charge is 0.394 e. The van der Waals surface area contributed by atoms with Crippen molar-refractivity contribution in [2.75, 3.05) is 6.61 Å². The third kappa shape index (κ3) is 2.06. The van der Waals surface area contributed by atoms with Gasteiger partial charge in [0.2, 0.25) is 0 Å². The van der Waals surface area contributed by atoms with Crippen LogP contribution < -0.4 is 5.73 Å². The van der Waals surface area contributed by atoms with Gasteiger partial charge in [-0.1, -0.05) is 5.16 Å². The van der Waals surface area contributed by atoms with Gasteiger partial charge in [-0.15, -0.1) is 0 Å². The second-order valence-corrected chi connectivity index (χ2v) is 3.40. The molecular weight excluding hydrogens is 156 g/mol. The summed E-state index contributed by atoms with van der Waals surface area (Å²) >= 11 is 0. The van der Waals surface area contributed by atoms with Gasteiger partial charge < -0.3 is 15.4 Å². The number of hydrogen-bond donors (Lipinski definition) is 2. The first-order valence-corrected chi connectivity index (χ1v) is 3.85. The molecule has 0 aliphatic carbocycles. The normalized spacial score (nSPS) is 16.0. The third-order valence-electron chi connectivity index (χ3n) is 1.81. The van der Waals surface area contributed by atoms with Crippen LogP contribution >= 0.6 is 0 Å². The number of nitrogens with two attached hydrogens (primary N) is 1. The minimum atomic E-state index is -0.587. The van der Waals surface area contributed by atoms with Crippen LogP contribution in [0, 0.1) is 6.92 Å². The summed E-state index contributed by atoms with van der Waals surface area (Å²) in [5.41, 5.74) is 6.12. The summed E-state index contributed by atoms with van der Waals surface area (Å²) in [6.45, 7) is 3.58. The van der Waals surface area contributed by atoms with Crippen molar-refractivity contribution in [1.82, 2.24) is 5.16 Å². The highest BCUT2D eigenvalue weighted by Gasteiger charge is 2.19. The van der Waals surface area contributed by atoms with Crippen molar-refractivity contribution in [2.24, 2.45) is 5.73 Å². The van der Waals surface area contributed by atoms with Crippen molar-refractivity contribution in [3.05, 3.63) is 17.5 Å². The fourth-order valence-electron chi connectivity index (χ4n) is 0.980. The summed E-state index contributed by atoms with van der Waals surface area (Å²) in [4.78, 5) is 0. The van der Waals surface area contributed by atoms with Crippen LogP contribution in [-0.2, 0) is 6.42 Å². The van der Waals surface area contributed by atoms with Crippen molar-refractivity contribution in [1.29, 1.82) is 0 Å². The Bertz CT molecular complexity index is 255. The fourth-order valence-corrected chi connectivity index (χ4v) is 0.980. The van der Waals surface area contributed by atoms with E-state index >= 15 is 0 Å². The van der Waals surface area contributed by atoms with E-state index < -0.39 is 5.54 Å². The Kier molecular flexibility index (Phi) is 2.49. The number of nitrogens with zero attached hydrogens (tertiary/aromatic N) is 1. The SMILES string of the molecule is Cc1oncc1CC(C)(N)CO. The minimum Gasteiger partial charge on any atom is -0.394 e. The van der Waals surface area contributed by atoms with Gasteiger partial charge in [-0.05, 0) is 20.3 Å². The molecule has 0 amide bonds. The van der Waals surface area contributed by atoms with Crippen LogP contribution in [0.15, 0.2) is 10.7 Å². The summed E-state index contributed by atoms with van der Waals surface area (Å²) in [6.07, 6.45) is 2.22. The Morgan fingerprint density at radius 1 is 1.75 bits per heavy atom. The van der Waals surface area contributed by atoms with E-state index in [4.69, 9.17) is 15.4 Å². The fraction of sp³-hybridized carbons (Fsp3) is 0.625. The Balaban J connectivity index is 2.70. The van der Waals surface area contributed by atoms with Gasteiger partial charge in [0.15, 0.2) is 0 Å². The highest BCUT2D eigenvalue weighted by atomic mass is 16.5. The number of aliphatic hydroxyl groups is 1. The van der Waals surface area contributed by atoms with E-state index in [9.17, 15) is 0 Å². The van der Waals surface area contributed by atoms with Crippen LogP contribution in [0.4, 0.5) is 0 Å². The van der Waals surface area contributed by atoms with E-state index in [1.807, 2.05) is 6.92 Å². The summed E-state index contributed by atoms with van der Waals surface area (Å²) in [6, 6.07) is 0. The highest BCUT2D eigenvalue weighted by Crippen LogP contribution is 2.13. The smallest absolute Gasteiger partial charge is 0.136 e. The average molecular weight is 170 g/mol. The predicted molar refractivity (Wildman–Crippen MR) is 44.6 cm³/mol. The Morgan fingerprint density at radius 2 is 2.42 bits per heavy atom. The molecule has 0 fully saturated rings. The lowest BCUT2D eigenvalue weighted by atomic mass is 9.96. The van der Waals surface area contributed by atoms with Gasteiger partial charge >= 0.3 is 0 Å². The molecule has 12 heavy (non-hydrogen) atoms. The van der Waals surface area contributed by atoms with Crippen molar-refractivity contribution in [2.45, 2.75) is 25.8 Å². The van der Waals surface area contributed by atoms with Crippen molar-refractivity contribution < 1.29 is 9.63 Å². The van der Waals surface area contributed by atoms with Gasteiger partial charge in [0.05, 0.1) is 12.8 Å². The third-order valence-corrected chi connectivity index (χ3v) is 1.81. The number of aliphatic hydroxyl groups excluding tert-OH is 1. The Hall–Kier alpha value is -0.870. The molecule has 1 aromatic heterocycles. The molecule has 0 saturated heterocycles. The highest BCUT2D eigenvalue weighted by molar-refractivity contribution is 5.14. The van der Waals surface area contributed by atoms with E-state index in [0.717, 1.165) is 11.3 Å². The van der Waals surface area contributed by atoms with E-state index in [1.54, 1.807) is 13.1 Å². The minimum absolute atomic E-state index is 0.0440. The zero-order chi connectivity index (χ0) is 9.19. The molecule has 3 N–H and O–H groups in total. The molecule has 4 heteroatoms.